The van der Waals surface area contributed by atoms with E-state index in [9.17, 15) is 20.1 Å². The first-order valence-electron chi connectivity index (χ1n) is 12.3. The van der Waals surface area contributed by atoms with Crippen LogP contribution in [0.1, 0.15) is 50.8 Å². The highest BCUT2D eigenvalue weighted by molar-refractivity contribution is 5.84. The van der Waals surface area contributed by atoms with Crippen LogP contribution in [0, 0.1) is 0 Å². The maximum absolute atomic E-state index is 11.7. The van der Waals surface area contributed by atoms with Gasteiger partial charge in [0, 0.05) is 18.7 Å². The van der Waals surface area contributed by atoms with Gasteiger partial charge in [0.15, 0.2) is 23.2 Å². The smallest absolute Gasteiger partial charge is 0.306 e. The number of nitrogens with zero attached hydrogens (tertiary/aromatic N) is 6. The number of aliphatic hydroxyl groups is 3. The highest BCUT2D eigenvalue weighted by Crippen LogP contribution is 2.33. The van der Waals surface area contributed by atoms with E-state index in [4.69, 9.17) is 14.5 Å². The molecule has 2 aliphatic rings. The molecule has 0 bridgehead atoms. The molecule has 1 saturated carbocycles. The molecule has 1 saturated heterocycles. The maximum Gasteiger partial charge on any atom is 0.306 e. The Morgan fingerprint density at radius 3 is 2.78 bits per heavy atom. The van der Waals surface area contributed by atoms with Crippen LogP contribution in [-0.4, -0.2) is 88.2 Å². The van der Waals surface area contributed by atoms with Crippen molar-refractivity contribution in [1.29, 1.82) is 0 Å². The number of nitrogens with one attached hydrogen (secondary N) is 1. The van der Waals surface area contributed by atoms with E-state index >= 15 is 0 Å². The van der Waals surface area contributed by atoms with Gasteiger partial charge in [0.25, 0.3) is 5.95 Å². The molecule has 0 radical (unpaired) electrons. The van der Waals surface area contributed by atoms with E-state index in [1.807, 2.05) is 0 Å². The monoisotopic (exact) mass is 501 g/mol. The Balaban J connectivity index is 1.49. The molecule has 0 amide bonds. The third-order valence-corrected chi connectivity index (χ3v) is 6.66. The summed E-state index contributed by atoms with van der Waals surface area (Å²) in [5.74, 6) is 0.545. The zero-order chi connectivity index (χ0) is 25.2. The number of rotatable bonds is 9. The van der Waals surface area contributed by atoms with Crippen LogP contribution in [0.25, 0.3) is 17.1 Å². The minimum atomic E-state index is -1.27. The summed E-state index contributed by atoms with van der Waals surface area (Å²) in [6, 6.07) is 0.257. The molecule has 0 spiro atoms. The maximum atomic E-state index is 11.7. The number of anilines is 1. The van der Waals surface area contributed by atoms with Crippen LogP contribution in [0.2, 0.25) is 0 Å². The Morgan fingerprint density at radius 1 is 1.25 bits per heavy atom. The fourth-order valence-electron chi connectivity index (χ4n) is 4.75. The summed E-state index contributed by atoms with van der Waals surface area (Å²) >= 11 is 0. The lowest BCUT2D eigenvalue weighted by Crippen LogP contribution is -2.33. The van der Waals surface area contributed by atoms with Gasteiger partial charge in [0.05, 0.1) is 25.7 Å². The number of esters is 1. The molecule has 4 heterocycles. The van der Waals surface area contributed by atoms with Gasteiger partial charge in [0.2, 0.25) is 0 Å². The summed E-state index contributed by atoms with van der Waals surface area (Å²) in [4.78, 5) is 25.6. The number of fused-ring (bicyclic) bond motifs is 1. The van der Waals surface area contributed by atoms with E-state index in [1.165, 1.54) is 15.6 Å². The molecule has 2 fully saturated rings. The SMILES string of the molecule is CCOC(=O)CCc1cnn(-c2nc(NC3CCCC3)c3ncn(C4OC(CO)C(O)C4O)c3n2)c1. The summed E-state index contributed by atoms with van der Waals surface area (Å²) in [6.07, 6.45) is 5.50. The second-order valence-corrected chi connectivity index (χ2v) is 9.15. The molecule has 3 aromatic heterocycles. The van der Waals surface area contributed by atoms with E-state index in [2.05, 4.69) is 20.4 Å². The first-order valence-corrected chi connectivity index (χ1v) is 12.3. The second-order valence-electron chi connectivity index (χ2n) is 9.15. The van der Waals surface area contributed by atoms with Crippen molar-refractivity contribution >= 4 is 23.0 Å². The molecule has 1 aliphatic heterocycles. The van der Waals surface area contributed by atoms with E-state index < -0.39 is 31.1 Å². The van der Waals surface area contributed by atoms with Gasteiger partial charge in [-0.05, 0) is 31.7 Å². The predicted molar refractivity (Wildman–Crippen MR) is 126 cm³/mol. The molecule has 1 aliphatic carbocycles. The van der Waals surface area contributed by atoms with Crippen molar-refractivity contribution in [2.75, 3.05) is 18.5 Å². The average molecular weight is 502 g/mol. The van der Waals surface area contributed by atoms with Crippen LogP contribution in [-0.2, 0) is 20.7 Å². The Hall–Kier alpha value is -3.13. The third kappa shape index (κ3) is 4.78. The first kappa shape index (κ1) is 24.6. The van der Waals surface area contributed by atoms with Crippen LogP contribution in [0.15, 0.2) is 18.7 Å². The first-order chi connectivity index (χ1) is 17.5. The zero-order valence-electron chi connectivity index (χ0n) is 20.0. The predicted octanol–water partition coefficient (Wildman–Crippen LogP) is 0.474. The number of aryl methyl sites for hydroxylation is 1. The molecular weight excluding hydrogens is 470 g/mol. The molecule has 36 heavy (non-hydrogen) atoms. The summed E-state index contributed by atoms with van der Waals surface area (Å²) in [6.45, 7) is 1.68. The van der Waals surface area contributed by atoms with Gasteiger partial charge in [-0.1, -0.05) is 12.8 Å². The molecule has 13 nitrogen and oxygen atoms in total. The fourth-order valence-corrected chi connectivity index (χ4v) is 4.75. The van der Waals surface area contributed by atoms with E-state index in [1.54, 1.807) is 19.3 Å². The zero-order valence-corrected chi connectivity index (χ0v) is 20.0. The highest BCUT2D eigenvalue weighted by Gasteiger charge is 2.44. The fraction of sp³-hybridized carbons (Fsp3) is 0.609. The number of carbonyl (C=O) groups excluding carboxylic acids is 1. The Kier molecular flexibility index (Phi) is 7.14. The van der Waals surface area contributed by atoms with Crippen molar-refractivity contribution in [3.63, 3.8) is 0 Å². The number of ether oxygens (including phenoxy) is 2. The number of aromatic nitrogens is 6. The summed E-state index contributed by atoms with van der Waals surface area (Å²) < 4.78 is 13.8. The van der Waals surface area contributed by atoms with Gasteiger partial charge in [-0.15, -0.1) is 0 Å². The quantitative estimate of drug-likeness (QED) is 0.301. The van der Waals surface area contributed by atoms with E-state index in [0.29, 0.717) is 30.0 Å². The lowest BCUT2D eigenvalue weighted by atomic mass is 10.1. The lowest BCUT2D eigenvalue weighted by Gasteiger charge is -2.18. The van der Waals surface area contributed by atoms with Crippen LogP contribution in [0.3, 0.4) is 0 Å². The molecule has 0 aromatic carbocycles. The molecule has 13 heteroatoms. The van der Waals surface area contributed by atoms with E-state index in [0.717, 1.165) is 31.2 Å². The summed E-state index contributed by atoms with van der Waals surface area (Å²) in [5.41, 5.74) is 1.71. The molecule has 4 N–H and O–H groups in total. The molecule has 4 unspecified atom stereocenters. The van der Waals surface area contributed by atoms with Crippen molar-refractivity contribution in [2.45, 2.75) is 76.0 Å². The molecular formula is C23H31N7O6. The summed E-state index contributed by atoms with van der Waals surface area (Å²) in [5, 5.41) is 38.2. The van der Waals surface area contributed by atoms with E-state index in [-0.39, 0.29) is 24.4 Å². The van der Waals surface area contributed by atoms with Gasteiger partial charge in [-0.2, -0.15) is 15.1 Å². The van der Waals surface area contributed by atoms with Crippen LogP contribution < -0.4 is 5.32 Å². The standard InChI is InChI=1S/C23H31N7O6/c1-2-35-16(32)8-7-13-9-25-30(10-13)23-27-20(26-14-5-3-4-6-14)17-21(28-23)29(12-24-17)22-19(34)18(33)15(11-31)36-22/h9-10,12,14-15,18-19,22,31,33-34H,2-8,11H2,1H3,(H,26,27,28). The normalized spacial score (nSPS) is 24.6. The average Bonchev–Trinajstić information content (AvgIpc) is 3.67. The second kappa shape index (κ2) is 10.5. The minimum absolute atomic E-state index is 0.242. The Morgan fingerprint density at radius 2 is 2.06 bits per heavy atom. The Labute approximate surface area is 207 Å². The van der Waals surface area contributed by atoms with Crippen molar-refractivity contribution in [2.24, 2.45) is 0 Å². The third-order valence-electron chi connectivity index (χ3n) is 6.66. The van der Waals surface area contributed by atoms with Crippen molar-refractivity contribution in [1.82, 2.24) is 29.3 Å². The van der Waals surface area contributed by atoms with Crippen LogP contribution >= 0.6 is 0 Å². The molecule has 4 atom stereocenters. The lowest BCUT2D eigenvalue weighted by molar-refractivity contribution is -0.143. The largest absolute Gasteiger partial charge is 0.466 e. The molecule has 194 valence electrons. The van der Waals surface area contributed by atoms with Crippen molar-refractivity contribution in [3.05, 3.63) is 24.3 Å². The summed E-state index contributed by atoms with van der Waals surface area (Å²) in [7, 11) is 0. The van der Waals surface area contributed by atoms with Gasteiger partial charge >= 0.3 is 5.97 Å². The number of imidazole rings is 1. The molecule has 3 aromatic rings. The van der Waals surface area contributed by atoms with Crippen molar-refractivity contribution < 1.29 is 29.6 Å². The van der Waals surface area contributed by atoms with Gasteiger partial charge in [0.1, 0.15) is 18.3 Å². The van der Waals surface area contributed by atoms with Crippen LogP contribution in [0.5, 0.6) is 0 Å². The number of hydrogen-bond acceptors (Lipinski definition) is 11. The van der Waals surface area contributed by atoms with Gasteiger partial charge in [-0.25, -0.2) is 9.67 Å². The van der Waals surface area contributed by atoms with Crippen molar-refractivity contribution in [3.8, 4) is 5.95 Å². The van der Waals surface area contributed by atoms with Crippen LogP contribution in [0.4, 0.5) is 5.82 Å². The number of hydrogen-bond donors (Lipinski definition) is 4. The molecule has 5 rings (SSSR count). The Bertz CT molecular complexity index is 1210. The number of aliphatic hydroxyl groups excluding tert-OH is 3. The topological polar surface area (TPSA) is 170 Å². The minimum Gasteiger partial charge on any atom is -0.466 e. The number of carbonyl (C=O) groups is 1. The van der Waals surface area contributed by atoms with Gasteiger partial charge < -0.3 is 30.1 Å². The highest BCUT2D eigenvalue weighted by atomic mass is 16.6. The van der Waals surface area contributed by atoms with Gasteiger partial charge in [-0.3, -0.25) is 9.36 Å².